The summed E-state index contributed by atoms with van der Waals surface area (Å²) in [6.45, 7) is 0. The van der Waals surface area contributed by atoms with E-state index in [0.717, 1.165) is 39.5 Å². The Kier molecular flexibility index (Phi) is 9.16. The highest BCUT2D eigenvalue weighted by Crippen LogP contribution is 2.40. The zero-order valence-electron chi connectivity index (χ0n) is 35.0. The third-order valence-electron chi connectivity index (χ3n) is 12.6. The molecular weight excluding hydrogens is 775 g/mol. The molecule has 0 aliphatic carbocycles. The average Bonchev–Trinajstić information content (AvgIpc) is 3.97. The van der Waals surface area contributed by atoms with Crippen molar-refractivity contribution in [2.75, 3.05) is 0 Å². The predicted molar refractivity (Wildman–Crippen MR) is 268 cm³/mol. The molecule has 2 aromatic heterocycles. The largest absolute Gasteiger partial charge is 0.309 e. The second-order valence-corrected chi connectivity index (χ2v) is 16.4. The lowest BCUT2D eigenvalue weighted by Gasteiger charge is -2.16. The smallest absolute Gasteiger partial charge is 0.0934 e. The fourth-order valence-electron chi connectivity index (χ4n) is 9.54. The highest BCUT2D eigenvalue weighted by Gasteiger charge is 2.17. The van der Waals surface area contributed by atoms with Gasteiger partial charge in [-0.2, -0.15) is 5.10 Å². The Morgan fingerprint density at radius 3 is 1.34 bits per heavy atom. The fourth-order valence-corrected chi connectivity index (χ4v) is 9.54. The van der Waals surface area contributed by atoms with Gasteiger partial charge < -0.3 is 4.57 Å². The van der Waals surface area contributed by atoms with E-state index < -0.39 is 0 Å². The van der Waals surface area contributed by atoms with E-state index in [-0.39, 0.29) is 0 Å². The normalized spacial score (nSPS) is 11.4. The van der Waals surface area contributed by atoms with E-state index in [0.29, 0.717) is 0 Å². The number of nitrogens with zero attached hydrogens (tertiary/aromatic N) is 3. The molecule has 64 heavy (non-hydrogen) atoms. The maximum atomic E-state index is 5.23. The van der Waals surface area contributed by atoms with Gasteiger partial charge >= 0.3 is 0 Å². The Bertz CT molecular complexity index is 3570. The van der Waals surface area contributed by atoms with Gasteiger partial charge in [-0.05, 0) is 97.7 Å². The van der Waals surface area contributed by atoms with Crippen LogP contribution in [0.2, 0.25) is 0 Å². The zero-order chi connectivity index (χ0) is 42.4. The molecule has 12 aromatic rings. The number of fused-ring (bicyclic) bond motifs is 4. The second-order valence-electron chi connectivity index (χ2n) is 16.4. The number of hydrogen-bond acceptors (Lipinski definition) is 1. The molecular formula is C61H41N3. The predicted octanol–water partition coefficient (Wildman–Crippen LogP) is 16.1. The molecule has 0 N–H and O–H groups in total. The Morgan fingerprint density at radius 1 is 0.281 bits per heavy atom. The average molecular weight is 816 g/mol. The van der Waals surface area contributed by atoms with Crippen LogP contribution < -0.4 is 0 Å². The van der Waals surface area contributed by atoms with Crippen LogP contribution in [0, 0.1) is 0 Å². The molecule has 300 valence electrons. The van der Waals surface area contributed by atoms with Crippen molar-refractivity contribution in [3.05, 3.63) is 249 Å². The van der Waals surface area contributed by atoms with E-state index >= 15 is 0 Å². The summed E-state index contributed by atoms with van der Waals surface area (Å²) in [5.41, 5.74) is 18.2. The van der Waals surface area contributed by atoms with Gasteiger partial charge in [0.25, 0.3) is 0 Å². The number of rotatable bonds is 8. The lowest BCUT2D eigenvalue weighted by Crippen LogP contribution is -1.99. The standard InChI is InChI=1S/C61H41N3/c1-2-16-46(17-3-1)58-41-61(47-31-29-43(30-32-47)51-26-14-18-42-15-4-5-19-50(42)51)64(62-58)49-39-35-45(36-40-49)53-21-7-9-23-55(53)54-22-8-6-20-52(54)44-33-37-48(38-34-44)63-59-27-12-10-24-56(59)57-25-11-13-28-60(57)63/h1-41H. The molecule has 3 nitrogen and oxygen atoms in total. The molecule has 0 aliphatic heterocycles. The van der Waals surface area contributed by atoms with Crippen molar-refractivity contribution in [3.8, 4) is 78.4 Å². The van der Waals surface area contributed by atoms with E-state index in [9.17, 15) is 0 Å². The van der Waals surface area contributed by atoms with Crippen LogP contribution in [0.15, 0.2) is 249 Å². The van der Waals surface area contributed by atoms with Gasteiger partial charge in [0, 0.05) is 27.6 Å². The van der Waals surface area contributed by atoms with Crippen LogP contribution in [-0.2, 0) is 0 Å². The molecule has 12 rings (SSSR count). The molecule has 0 amide bonds. The van der Waals surface area contributed by atoms with E-state index in [1.807, 2.05) is 6.07 Å². The van der Waals surface area contributed by atoms with Gasteiger partial charge in [-0.1, -0.05) is 206 Å². The number of para-hydroxylation sites is 2. The van der Waals surface area contributed by atoms with Gasteiger partial charge in [0.1, 0.15) is 0 Å². The molecule has 3 heteroatoms. The molecule has 2 heterocycles. The topological polar surface area (TPSA) is 22.8 Å². The molecule has 0 unspecified atom stereocenters. The van der Waals surface area contributed by atoms with Crippen molar-refractivity contribution in [1.82, 2.24) is 14.3 Å². The van der Waals surface area contributed by atoms with Crippen LogP contribution in [0.4, 0.5) is 0 Å². The number of benzene rings is 10. The lowest BCUT2D eigenvalue weighted by atomic mass is 9.89. The van der Waals surface area contributed by atoms with Crippen LogP contribution in [0.1, 0.15) is 0 Å². The van der Waals surface area contributed by atoms with E-state index in [1.165, 1.54) is 71.5 Å². The molecule has 0 atom stereocenters. The summed E-state index contributed by atoms with van der Waals surface area (Å²) < 4.78 is 4.46. The van der Waals surface area contributed by atoms with Gasteiger partial charge in [0.15, 0.2) is 0 Å². The van der Waals surface area contributed by atoms with Gasteiger partial charge in [-0.3, -0.25) is 0 Å². The number of hydrogen-bond donors (Lipinski definition) is 0. The molecule has 0 saturated carbocycles. The molecule has 0 radical (unpaired) electrons. The van der Waals surface area contributed by atoms with E-state index in [4.69, 9.17) is 5.10 Å². The summed E-state index contributed by atoms with van der Waals surface area (Å²) in [5, 5.41) is 10.3. The summed E-state index contributed by atoms with van der Waals surface area (Å²) in [6.07, 6.45) is 0. The second kappa shape index (κ2) is 15.7. The third kappa shape index (κ3) is 6.50. The quantitative estimate of drug-likeness (QED) is 0.150. The lowest BCUT2D eigenvalue weighted by molar-refractivity contribution is 0.892. The van der Waals surface area contributed by atoms with E-state index in [1.54, 1.807) is 0 Å². The fraction of sp³-hybridized carbons (Fsp3) is 0. The van der Waals surface area contributed by atoms with Gasteiger partial charge in [0.2, 0.25) is 0 Å². The van der Waals surface area contributed by atoms with Crippen molar-refractivity contribution in [3.63, 3.8) is 0 Å². The molecule has 0 fully saturated rings. The molecule has 0 aliphatic rings. The van der Waals surface area contributed by atoms with Crippen molar-refractivity contribution in [2.24, 2.45) is 0 Å². The summed E-state index contributed by atoms with van der Waals surface area (Å²) in [7, 11) is 0. The zero-order valence-corrected chi connectivity index (χ0v) is 35.0. The van der Waals surface area contributed by atoms with Crippen LogP contribution in [0.3, 0.4) is 0 Å². The van der Waals surface area contributed by atoms with Crippen molar-refractivity contribution in [1.29, 1.82) is 0 Å². The first-order chi connectivity index (χ1) is 31.7. The van der Waals surface area contributed by atoms with E-state index in [2.05, 4.69) is 252 Å². The maximum Gasteiger partial charge on any atom is 0.0934 e. The minimum absolute atomic E-state index is 0.933. The van der Waals surface area contributed by atoms with Crippen LogP contribution in [0.25, 0.3) is 111 Å². The Morgan fingerprint density at radius 2 is 0.719 bits per heavy atom. The minimum atomic E-state index is 0.933. The highest BCUT2D eigenvalue weighted by molar-refractivity contribution is 6.09. The van der Waals surface area contributed by atoms with Crippen molar-refractivity contribution >= 4 is 32.6 Å². The van der Waals surface area contributed by atoms with Crippen LogP contribution in [0.5, 0.6) is 0 Å². The molecule has 0 spiro atoms. The van der Waals surface area contributed by atoms with Crippen LogP contribution >= 0.6 is 0 Å². The minimum Gasteiger partial charge on any atom is -0.309 e. The highest BCUT2D eigenvalue weighted by atomic mass is 15.3. The summed E-state index contributed by atoms with van der Waals surface area (Å²) in [4.78, 5) is 0. The number of aromatic nitrogens is 3. The molecule has 0 saturated heterocycles. The SMILES string of the molecule is c1ccc(-c2cc(-c3ccc(-c4cccc5ccccc45)cc3)n(-c3ccc(-c4ccccc4-c4ccccc4-c4ccc(-n5c6ccccc6c6ccccc65)cc4)cc3)n2)cc1. The van der Waals surface area contributed by atoms with Gasteiger partial charge in [0.05, 0.1) is 28.1 Å². The summed E-state index contributed by atoms with van der Waals surface area (Å²) >= 11 is 0. The van der Waals surface area contributed by atoms with Gasteiger partial charge in [-0.15, -0.1) is 0 Å². The first-order valence-electron chi connectivity index (χ1n) is 21.9. The summed E-state index contributed by atoms with van der Waals surface area (Å²) in [6, 6.07) is 89.4. The first kappa shape index (κ1) is 37.2. The third-order valence-corrected chi connectivity index (χ3v) is 12.6. The Hall–Kier alpha value is -8.53. The molecule has 0 bridgehead atoms. The summed E-state index contributed by atoms with van der Waals surface area (Å²) in [5.74, 6) is 0. The first-order valence-corrected chi connectivity index (χ1v) is 21.9. The van der Waals surface area contributed by atoms with Gasteiger partial charge in [-0.25, -0.2) is 4.68 Å². The monoisotopic (exact) mass is 815 g/mol. The molecule has 10 aromatic carbocycles. The van der Waals surface area contributed by atoms with Crippen molar-refractivity contribution in [2.45, 2.75) is 0 Å². The van der Waals surface area contributed by atoms with Crippen LogP contribution in [-0.4, -0.2) is 14.3 Å². The Labute approximate surface area is 372 Å². The Balaban J connectivity index is 0.891. The van der Waals surface area contributed by atoms with Crippen molar-refractivity contribution < 1.29 is 0 Å². The maximum absolute atomic E-state index is 5.23.